The lowest BCUT2D eigenvalue weighted by Crippen LogP contribution is -2.47. The van der Waals surface area contributed by atoms with Crippen LogP contribution in [0.3, 0.4) is 0 Å². The van der Waals surface area contributed by atoms with Gasteiger partial charge in [0.1, 0.15) is 5.78 Å². The number of hydrogen-bond donors (Lipinski definition) is 0. The number of carbonyl (C=O) groups is 1. The fourth-order valence-electron chi connectivity index (χ4n) is 2.15. The Balaban J connectivity index is 2.74. The highest BCUT2D eigenvalue weighted by molar-refractivity contribution is 5.81. The molecule has 60 valence electrons. The van der Waals surface area contributed by atoms with Gasteiger partial charge in [-0.05, 0) is 18.8 Å². The Kier molecular flexibility index (Phi) is 1.75. The van der Waals surface area contributed by atoms with Gasteiger partial charge in [0.25, 0.3) is 0 Å². The maximum atomic E-state index is 11.1. The standard InChI is InChI=1S/C9H13NO/c1-6(11)8-7(5-10)4-9(8,2)3/h7-8H,4H2,1-3H3/t7-,8+/m0/s1. The summed E-state index contributed by atoms with van der Waals surface area (Å²) in [4.78, 5) is 11.1. The van der Waals surface area contributed by atoms with E-state index >= 15 is 0 Å². The number of carbonyl (C=O) groups excluding carboxylic acids is 1. The number of nitriles is 1. The quantitative estimate of drug-likeness (QED) is 0.573. The summed E-state index contributed by atoms with van der Waals surface area (Å²) in [6, 6.07) is 2.17. The van der Waals surface area contributed by atoms with Crippen molar-refractivity contribution >= 4 is 5.78 Å². The minimum absolute atomic E-state index is 0.0208. The molecular formula is C9H13NO. The molecule has 2 nitrogen and oxygen atoms in total. The second-order valence-electron chi connectivity index (χ2n) is 4.02. The summed E-state index contributed by atoms with van der Waals surface area (Å²) >= 11 is 0. The first kappa shape index (κ1) is 8.26. The van der Waals surface area contributed by atoms with E-state index in [-0.39, 0.29) is 23.0 Å². The predicted molar refractivity (Wildman–Crippen MR) is 41.7 cm³/mol. The van der Waals surface area contributed by atoms with Gasteiger partial charge in [0.15, 0.2) is 0 Å². The Morgan fingerprint density at radius 1 is 1.64 bits per heavy atom. The van der Waals surface area contributed by atoms with Crippen LogP contribution < -0.4 is 0 Å². The first-order chi connectivity index (χ1) is 4.99. The van der Waals surface area contributed by atoms with E-state index in [1.165, 1.54) is 0 Å². The van der Waals surface area contributed by atoms with Gasteiger partial charge in [-0.15, -0.1) is 0 Å². The van der Waals surface area contributed by atoms with Crippen LogP contribution in [0.4, 0.5) is 0 Å². The van der Waals surface area contributed by atoms with Gasteiger partial charge in [-0.2, -0.15) is 5.26 Å². The Bertz CT molecular complexity index is 224. The molecule has 0 aromatic carbocycles. The van der Waals surface area contributed by atoms with Crippen molar-refractivity contribution in [2.45, 2.75) is 27.2 Å². The zero-order valence-electron chi connectivity index (χ0n) is 7.22. The van der Waals surface area contributed by atoms with Crippen LogP contribution >= 0.6 is 0 Å². The van der Waals surface area contributed by atoms with Gasteiger partial charge in [-0.1, -0.05) is 13.8 Å². The van der Waals surface area contributed by atoms with Gasteiger partial charge < -0.3 is 0 Å². The van der Waals surface area contributed by atoms with Crippen LogP contribution in [-0.2, 0) is 4.79 Å². The van der Waals surface area contributed by atoms with Crippen LogP contribution in [0.25, 0.3) is 0 Å². The van der Waals surface area contributed by atoms with Crippen molar-refractivity contribution < 1.29 is 4.79 Å². The van der Waals surface area contributed by atoms with Gasteiger partial charge in [0, 0.05) is 5.92 Å². The SMILES string of the molecule is CC(=O)[C@@H]1[C@H](C#N)CC1(C)C. The fraction of sp³-hybridized carbons (Fsp3) is 0.778. The van der Waals surface area contributed by atoms with Gasteiger partial charge >= 0.3 is 0 Å². The molecular weight excluding hydrogens is 138 g/mol. The third kappa shape index (κ3) is 1.16. The Morgan fingerprint density at radius 2 is 2.18 bits per heavy atom. The summed E-state index contributed by atoms with van der Waals surface area (Å²) in [5, 5.41) is 8.64. The zero-order valence-corrected chi connectivity index (χ0v) is 7.22. The van der Waals surface area contributed by atoms with E-state index in [1.54, 1.807) is 6.92 Å². The number of rotatable bonds is 1. The molecule has 1 aliphatic carbocycles. The third-order valence-electron chi connectivity index (χ3n) is 2.59. The molecule has 1 rings (SSSR count). The van der Waals surface area contributed by atoms with E-state index in [0.717, 1.165) is 6.42 Å². The van der Waals surface area contributed by atoms with Crippen LogP contribution in [0.2, 0.25) is 0 Å². The third-order valence-corrected chi connectivity index (χ3v) is 2.59. The van der Waals surface area contributed by atoms with Crippen LogP contribution in [0, 0.1) is 28.6 Å². The van der Waals surface area contributed by atoms with Crippen molar-refractivity contribution in [3.05, 3.63) is 0 Å². The minimum Gasteiger partial charge on any atom is -0.300 e. The monoisotopic (exact) mass is 151 g/mol. The zero-order chi connectivity index (χ0) is 8.65. The molecule has 2 heteroatoms. The number of hydrogen-bond acceptors (Lipinski definition) is 2. The van der Waals surface area contributed by atoms with Gasteiger partial charge in [-0.3, -0.25) is 4.79 Å². The highest BCUT2D eigenvalue weighted by atomic mass is 16.1. The van der Waals surface area contributed by atoms with E-state index < -0.39 is 0 Å². The summed E-state index contributed by atoms with van der Waals surface area (Å²) in [5.74, 6) is 0.114. The molecule has 0 unspecified atom stereocenters. The Labute approximate surface area is 67.2 Å². The molecule has 1 fully saturated rings. The van der Waals surface area contributed by atoms with Gasteiger partial charge in [0.2, 0.25) is 0 Å². The van der Waals surface area contributed by atoms with Gasteiger partial charge in [0.05, 0.1) is 12.0 Å². The average Bonchev–Trinajstić information content (AvgIpc) is 1.81. The number of ketones is 1. The highest BCUT2D eigenvalue weighted by Crippen LogP contribution is 2.50. The number of nitrogens with zero attached hydrogens (tertiary/aromatic N) is 1. The maximum absolute atomic E-state index is 11.1. The van der Waals surface area contributed by atoms with Crippen molar-refractivity contribution in [1.82, 2.24) is 0 Å². The molecule has 0 N–H and O–H groups in total. The topological polar surface area (TPSA) is 40.9 Å². The summed E-state index contributed by atoms with van der Waals surface area (Å²) in [6.07, 6.45) is 0.869. The van der Waals surface area contributed by atoms with E-state index in [4.69, 9.17) is 5.26 Å². The van der Waals surface area contributed by atoms with Crippen LogP contribution in [0.15, 0.2) is 0 Å². The fourth-order valence-corrected chi connectivity index (χ4v) is 2.15. The Hall–Kier alpha value is -0.840. The predicted octanol–water partition coefficient (Wildman–Crippen LogP) is 1.76. The second-order valence-corrected chi connectivity index (χ2v) is 4.02. The molecule has 1 saturated carbocycles. The largest absolute Gasteiger partial charge is 0.300 e. The molecule has 0 radical (unpaired) electrons. The molecule has 0 aromatic rings. The second kappa shape index (κ2) is 2.34. The maximum Gasteiger partial charge on any atom is 0.134 e. The molecule has 0 saturated heterocycles. The molecule has 11 heavy (non-hydrogen) atoms. The van der Waals surface area contributed by atoms with E-state index in [0.29, 0.717) is 0 Å². The molecule has 1 aliphatic rings. The molecule has 0 aromatic heterocycles. The summed E-state index contributed by atoms with van der Waals surface area (Å²) in [7, 11) is 0. The lowest BCUT2D eigenvalue weighted by molar-refractivity contribution is -0.133. The first-order valence-corrected chi connectivity index (χ1v) is 3.89. The van der Waals surface area contributed by atoms with E-state index in [1.807, 2.05) is 13.8 Å². The average molecular weight is 151 g/mol. The van der Waals surface area contributed by atoms with E-state index in [2.05, 4.69) is 6.07 Å². The number of Topliss-reactive ketones (excluding diaryl/α,β-unsaturated/α-hetero) is 1. The van der Waals surface area contributed by atoms with Crippen molar-refractivity contribution in [3.8, 4) is 6.07 Å². The van der Waals surface area contributed by atoms with Gasteiger partial charge in [-0.25, -0.2) is 0 Å². The summed E-state index contributed by atoms with van der Waals surface area (Å²) in [5.41, 5.74) is 0.0617. The Morgan fingerprint density at radius 3 is 2.36 bits per heavy atom. The molecule has 0 amide bonds. The van der Waals surface area contributed by atoms with Crippen molar-refractivity contribution in [1.29, 1.82) is 5.26 Å². The molecule has 0 spiro atoms. The molecule has 0 heterocycles. The van der Waals surface area contributed by atoms with Crippen molar-refractivity contribution in [3.63, 3.8) is 0 Å². The van der Waals surface area contributed by atoms with Crippen molar-refractivity contribution in [2.75, 3.05) is 0 Å². The molecule has 2 atom stereocenters. The van der Waals surface area contributed by atoms with Crippen LogP contribution in [0.1, 0.15) is 27.2 Å². The van der Waals surface area contributed by atoms with Crippen LogP contribution in [-0.4, -0.2) is 5.78 Å². The summed E-state index contributed by atoms with van der Waals surface area (Å²) < 4.78 is 0. The van der Waals surface area contributed by atoms with Crippen LogP contribution in [0.5, 0.6) is 0 Å². The molecule has 0 bridgehead atoms. The highest BCUT2D eigenvalue weighted by Gasteiger charge is 2.49. The first-order valence-electron chi connectivity index (χ1n) is 3.89. The normalized spacial score (nSPS) is 33.6. The smallest absolute Gasteiger partial charge is 0.134 e. The summed E-state index contributed by atoms with van der Waals surface area (Å²) in [6.45, 7) is 5.68. The lowest BCUT2D eigenvalue weighted by atomic mass is 9.55. The van der Waals surface area contributed by atoms with Crippen molar-refractivity contribution in [2.24, 2.45) is 17.3 Å². The van der Waals surface area contributed by atoms with E-state index in [9.17, 15) is 4.79 Å². The lowest BCUT2D eigenvalue weighted by Gasteiger charge is -2.46. The molecule has 0 aliphatic heterocycles. The minimum atomic E-state index is -0.0255.